The molecule has 0 aliphatic heterocycles. The zero-order valence-electron chi connectivity index (χ0n) is 11.9. The second-order valence-electron chi connectivity index (χ2n) is 4.13. The van der Waals surface area contributed by atoms with Crippen LogP contribution in [0.25, 0.3) is 0 Å². The Morgan fingerprint density at radius 1 is 1.24 bits per heavy atom. The molecule has 0 aromatic heterocycles. The van der Waals surface area contributed by atoms with Gasteiger partial charge in [0.2, 0.25) is 15.9 Å². The molecule has 0 radical (unpaired) electrons. The van der Waals surface area contributed by atoms with E-state index < -0.39 is 10.0 Å². The molecule has 0 unspecified atom stereocenters. The van der Waals surface area contributed by atoms with E-state index in [1.54, 1.807) is 31.3 Å². The second kappa shape index (κ2) is 9.43. The van der Waals surface area contributed by atoms with Gasteiger partial charge in [-0.2, -0.15) is 0 Å². The van der Waals surface area contributed by atoms with Gasteiger partial charge in [0.25, 0.3) is 0 Å². The Kier molecular flexibility index (Phi) is 8.75. The van der Waals surface area contributed by atoms with Gasteiger partial charge in [-0.1, -0.05) is 0 Å². The molecule has 0 atom stereocenters. The third-order valence-electron chi connectivity index (χ3n) is 2.19. The first kappa shape index (κ1) is 19.5. The number of hydrogen-bond acceptors (Lipinski definition) is 5. The number of hydrogen-bond donors (Lipinski definition) is 3. The van der Waals surface area contributed by atoms with E-state index in [2.05, 4.69) is 15.4 Å². The van der Waals surface area contributed by atoms with Crippen molar-refractivity contribution in [2.45, 2.75) is 0 Å². The lowest BCUT2D eigenvalue weighted by Crippen LogP contribution is -2.34. The van der Waals surface area contributed by atoms with Gasteiger partial charge in [-0.25, -0.2) is 8.42 Å². The zero-order valence-corrected chi connectivity index (χ0v) is 13.5. The molecule has 1 aromatic rings. The lowest BCUT2D eigenvalue weighted by Gasteiger charge is -2.09. The first-order chi connectivity index (χ1) is 9.40. The lowest BCUT2D eigenvalue weighted by atomic mass is 10.3. The van der Waals surface area contributed by atoms with E-state index in [-0.39, 0.29) is 24.9 Å². The van der Waals surface area contributed by atoms with E-state index in [9.17, 15) is 13.2 Å². The number of carbonyl (C=O) groups excluding carboxylic acids is 1. The minimum atomic E-state index is -3.27. The van der Waals surface area contributed by atoms with Gasteiger partial charge in [-0.15, -0.1) is 12.4 Å². The van der Waals surface area contributed by atoms with Gasteiger partial charge in [0, 0.05) is 5.69 Å². The van der Waals surface area contributed by atoms with Gasteiger partial charge < -0.3 is 15.4 Å². The standard InChI is InChI=1S/C12H19N3O4S.ClH/c1-13-9-12(16)14-7-8-19-11-5-3-10(4-6-11)15-20(2,17)18;/h3-6,13,15H,7-9H2,1-2H3,(H,14,16);1H. The van der Waals surface area contributed by atoms with E-state index in [1.165, 1.54) is 0 Å². The number of ether oxygens (including phenoxy) is 1. The summed E-state index contributed by atoms with van der Waals surface area (Å²) in [5.74, 6) is 0.510. The molecule has 120 valence electrons. The monoisotopic (exact) mass is 337 g/mol. The van der Waals surface area contributed by atoms with E-state index in [0.717, 1.165) is 6.26 Å². The number of carbonyl (C=O) groups is 1. The largest absolute Gasteiger partial charge is 0.492 e. The Hall–Kier alpha value is -1.51. The average Bonchev–Trinajstić information content (AvgIpc) is 2.35. The molecule has 7 nitrogen and oxygen atoms in total. The molecular formula is C12H20ClN3O4S. The molecule has 0 fully saturated rings. The van der Waals surface area contributed by atoms with Gasteiger partial charge in [0.1, 0.15) is 12.4 Å². The van der Waals surface area contributed by atoms with Crippen molar-refractivity contribution in [2.75, 3.05) is 37.7 Å². The van der Waals surface area contributed by atoms with Crippen molar-refractivity contribution in [3.05, 3.63) is 24.3 Å². The highest BCUT2D eigenvalue weighted by molar-refractivity contribution is 7.92. The fraction of sp³-hybridized carbons (Fsp3) is 0.417. The van der Waals surface area contributed by atoms with Gasteiger partial charge in [-0.3, -0.25) is 9.52 Å². The van der Waals surface area contributed by atoms with Crippen molar-refractivity contribution in [1.29, 1.82) is 0 Å². The predicted molar refractivity (Wildman–Crippen MR) is 84.6 cm³/mol. The highest BCUT2D eigenvalue weighted by Gasteiger charge is 2.02. The maximum Gasteiger partial charge on any atom is 0.234 e. The zero-order chi connectivity index (χ0) is 15.0. The average molecular weight is 338 g/mol. The Morgan fingerprint density at radius 3 is 2.38 bits per heavy atom. The summed E-state index contributed by atoms with van der Waals surface area (Å²) < 4.78 is 29.8. The number of sulfonamides is 1. The summed E-state index contributed by atoms with van der Waals surface area (Å²) in [4.78, 5) is 11.1. The van der Waals surface area contributed by atoms with E-state index in [0.29, 0.717) is 24.6 Å². The Balaban J connectivity index is 0.00000400. The third-order valence-corrected chi connectivity index (χ3v) is 2.79. The first-order valence-corrected chi connectivity index (χ1v) is 7.92. The van der Waals surface area contributed by atoms with Crippen LogP contribution in [-0.2, 0) is 14.8 Å². The summed E-state index contributed by atoms with van der Waals surface area (Å²) in [6.07, 6.45) is 1.09. The molecule has 1 aromatic carbocycles. The van der Waals surface area contributed by atoms with Crippen molar-refractivity contribution in [3.8, 4) is 5.75 Å². The predicted octanol–water partition coefficient (Wildman–Crippen LogP) is 0.194. The van der Waals surface area contributed by atoms with Crippen molar-refractivity contribution < 1.29 is 17.9 Å². The molecule has 0 heterocycles. The number of rotatable bonds is 8. The maximum absolute atomic E-state index is 11.1. The number of anilines is 1. The fourth-order valence-corrected chi connectivity index (χ4v) is 1.98. The number of nitrogens with one attached hydrogen (secondary N) is 3. The molecule has 21 heavy (non-hydrogen) atoms. The molecule has 9 heteroatoms. The van der Waals surface area contributed by atoms with Crippen LogP contribution < -0.4 is 20.1 Å². The van der Waals surface area contributed by atoms with Crippen molar-refractivity contribution in [3.63, 3.8) is 0 Å². The molecule has 0 aliphatic rings. The first-order valence-electron chi connectivity index (χ1n) is 6.02. The minimum Gasteiger partial charge on any atom is -0.492 e. The summed E-state index contributed by atoms with van der Waals surface area (Å²) in [5, 5.41) is 5.42. The molecule has 1 rings (SSSR count). The van der Waals surface area contributed by atoms with Gasteiger partial charge >= 0.3 is 0 Å². The van der Waals surface area contributed by atoms with Crippen LogP contribution in [0.2, 0.25) is 0 Å². The fourth-order valence-electron chi connectivity index (χ4n) is 1.42. The molecule has 0 bridgehead atoms. The normalized spacial score (nSPS) is 10.4. The van der Waals surface area contributed by atoms with Crippen LogP contribution in [0, 0.1) is 0 Å². The van der Waals surface area contributed by atoms with Crippen molar-refractivity contribution in [2.24, 2.45) is 0 Å². The molecule has 0 saturated carbocycles. The number of halogens is 1. The summed E-state index contributed by atoms with van der Waals surface area (Å²) in [6, 6.07) is 6.53. The summed E-state index contributed by atoms with van der Waals surface area (Å²) in [5.41, 5.74) is 0.474. The highest BCUT2D eigenvalue weighted by atomic mass is 35.5. The number of likely N-dealkylation sites (N-methyl/N-ethyl adjacent to an activating group) is 1. The van der Waals surface area contributed by atoms with E-state index in [1.807, 2.05) is 0 Å². The number of benzene rings is 1. The summed E-state index contributed by atoms with van der Waals surface area (Å²) >= 11 is 0. The van der Waals surface area contributed by atoms with Crippen molar-refractivity contribution >= 4 is 34.0 Å². The van der Waals surface area contributed by atoms with Gasteiger partial charge in [0.15, 0.2) is 0 Å². The summed E-state index contributed by atoms with van der Waals surface area (Å²) in [6.45, 7) is 1.02. The molecule has 0 aliphatic carbocycles. The minimum absolute atomic E-state index is 0. The highest BCUT2D eigenvalue weighted by Crippen LogP contribution is 2.16. The maximum atomic E-state index is 11.1. The number of amides is 1. The van der Waals surface area contributed by atoms with Crippen LogP contribution in [0.5, 0.6) is 5.75 Å². The Morgan fingerprint density at radius 2 is 1.86 bits per heavy atom. The van der Waals surface area contributed by atoms with Crippen LogP contribution in [0.15, 0.2) is 24.3 Å². The lowest BCUT2D eigenvalue weighted by molar-refractivity contribution is -0.120. The molecule has 0 saturated heterocycles. The molecule has 3 N–H and O–H groups in total. The van der Waals surface area contributed by atoms with Crippen molar-refractivity contribution in [1.82, 2.24) is 10.6 Å². The Bertz CT molecular complexity index is 534. The Labute approximate surface area is 130 Å². The third kappa shape index (κ3) is 9.11. The van der Waals surface area contributed by atoms with Crippen LogP contribution in [0.4, 0.5) is 5.69 Å². The summed E-state index contributed by atoms with van der Waals surface area (Å²) in [7, 11) is -1.57. The topological polar surface area (TPSA) is 96.5 Å². The SMILES string of the molecule is CNCC(=O)NCCOc1ccc(NS(C)(=O)=O)cc1.Cl. The van der Waals surface area contributed by atoms with Crippen LogP contribution in [0.1, 0.15) is 0 Å². The van der Waals surface area contributed by atoms with E-state index in [4.69, 9.17) is 4.74 Å². The van der Waals surface area contributed by atoms with Crippen LogP contribution in [-0.4, -0.2) is 47.3 Å². The smallest absolute Gasteiger partial charge is 0.234 e. The molecule has 1 amide bonds. The molecule has 0 spiro atoms. The van der Waals surface area contributed by atoms with Gasteiger partial charge in [0.05, 0.1) is 19.3 Å². The van der Waals surface area contributed by atoms with Crippen LogP contribution >= 0.6 is 12.4 Å². The molecular weight excluding hydrogens is 318 g/mol. The quantitative estimate of drug-likeness (QED) is 0.589. The second-order valence-corrected chi connectivity index (χ2v) is 5.88. The van der Waals surface area contributed by atoms with Crippen LogP contribution in [0.3, 0.4) is 0 Å². The van der Waals surface area contributed by atoms with E-state index >= 15 is 0 Å². The van der Waals surface area contributed by atoms with Gasteiger partial charge in [-0.05, 0) is 31.3 Å².